The zero-order valence-electron chi connectivity index (χ0n) is 14.0. The monoisotopic (exact) mass is 386 g/mol. The first-order valence-electron chi connectivity index (χ1n) is 8.04. The van der Waals surface area contributed by atoms with Crippen molar-refractivity contribution < 1.29 is 28.3 Å². The van der Waals surface area contributed by atoms with Gasteiger partial charge in [-0.2, -0.15) is 0 Å². The Balaban J connectivity index is 1.41. The van der Waals surface area contributed by atoms with Crippen molar-refractivity contribution in [2.24, 2.45) is 0 Å². The molecule has 0 spiro atoms. The number of nitrogens with one attached hydrogen (secondary N) is 1. The number of imide groups is 1. The maximum Gasteiger partial charge on any atom is 0.294 e. The van der Waals surface area contributed by atoms with Gasteiger partial charge in [-0.05, 0) is 47.7 Å². The molecule has 3 heterocycles. The van der Waals surface area contributed by atoms with Crippen molar-refractivity contribution in [3.63, 3.8) is 0 Å². The van der Waals surface area contributed by atoms with Crippen molar-refractivity contribution in [3.05, 3.63) is 52.8 Å². The van der Waals surface area contributed by atoms with Gasteiger partial charge in [-0.3, -0.25) is 19.3 Å². The molecule has 27 heavy (non-hydrogen) atoms. The maximum atomic E-state index is 12.5. The lowest BCUT2D eigenvalue weighted by molar-refractivity contribution is -0.129. The summed E-state index contributed by atoms with van der Waals surface area (Å²) in [6, 6.07) is 8.65. The van der Waals surface area contributed by atoms with Gasteiger partial charge in [0, 0.05) is 0 Å². The zero-order chi connectivity index (χ0) is 18.8. The van der Waals surface area contributed by atoms with Crippen LogP contribution in [0.3, 0.4) is 0 Å². The minimum absolute atomic E-state index is 0.155. The van der Waals surface area contributed by atoms with Crippen LogP contribution in [-0.2, 0) is 16.1 Å². The maximum absolute atomic E-state index is 12.5. The topological polar surface area (TPSA) is 98.1 Å². The first-order valence-corrected chi connectivity index (χ1v) is 8.86. The SMILES string of the molecule is O=C(CN1C(=O)S/C(=C\c2ccc3c(c2)OCO3)C1=O)NCc1ccco1. The lowest BCUT2D eigenvalue weighted by atomic mass is 10.2. The second kappa shape index (κ2) is 7.20. The Hall–Kier alpha value is -3.20. The Kier molecular flexibility index (Phi) is 4.59. The highest BCUT2D eigenvalue weighted by atomic mass is 32.2. The third-order valence-corrected chi connectivity index (χ3v) is 4.82. The molecule has 1 fully saturated rings. The Morgan fingerprint density at radius 2 is 2.07 bits per heavy atom. The van der Waals surface area contributed by atoms with Crippen LogP contribution in [0.4, 0.5) is 4.79 Å². The van der Waals surface area contributed by atoms with E-state index in [0.29, 0.717) is 22.8 Å². The standard InChI is InChI=1S/C18H14N2O6S/c21-16(19-8-12-2-1-5-24-12)9-20-17(22)15(27-18(20)23)7-11-3-4-13-14(6-11)26-10-25-13/h1-7H,8-10H2,(H,19,21)/b15-7-. The van der Waals surface area contributed by atoms with E-state index in [1.807, 2.05) is 0 Å². The third kappa shape index (κ3) is 3.68. The van der Waals surface area contributed by atoms with Gasteiger partial charge in [-0.1, -0.05) is 6.07 Å². The van der Waals surface area contributed by atoms with E-state index in [4.69, 9.17) is 13.9 Å². The molecule has 1 aromatic carbocycles. The van der Waals surface area contributed by atoms with Gasteiger partial charge in [-0.25, -0.2) is 0 Å². The summed E-state index contributed by atoms with van der Waals surface area (Å²) < 4.78 is 15.7. The molecule has 1 aromatic heterocycles. The fraction of sp³-hybridized carbons (Fsp3) is 0.167. The number of carbonyl (C=O) groups is 3. The molecule has 3 amide bonds. The van der Waals surface area contributed by atoms with Crippen LogP contribution in [-0.4, -0.2) is 35.3 Å². The van der Waals surface area contributed by atoms with Crippen molar-refractivity contribution in [2.75, 3.05) is 13.3 Å². The number of rotatable bonds is 5. The minimum Gasteiger partial charge on any atom is -0.467 e. The van der Waals surface area contributed by atoms with Gasteiger partial charge >= 0.3 is 0 Å². The Morgan fingerprint density at radius 3 is 2.89 bits per heavy atom. The molecule has 138 valence electrons. The summed E-state index contributed by atoms with van der Waals surface area (Å²) in [6.07, 6.45) is 3.09. The average molecular weight is 386 g/mol. The molecule has 9 heteroatoms. The molecule has 0 radical (unpaired) electrons. The average Bonchev–Trinajstić information content (AvgIpc) is 3.38. The second-order valence-electron chi connectivity index (χ2n) is 5.74. The van der Waals surface area contributed by atoms with Crippen LogP contribution >= 0.6 is 11.8 Å². The summed E-state index contributed by atoms with van der Waals surface area (Å²) in [4.78, 5) is 37.8. The smallest absolute Gasteiger partial charge is 0.294 e. The summed E-state index contributed by atoms with van der Waals surface area (Å²) >= 11 is 0.796. The Morgan fingerprint density at radius 1 is 1.22 bits per heavy atom. The first kappa shape index (κ1) is 17.2. The number of carbonyl (C=O) groups excluding carboxylic acids is 3. The van der Waals surface area contributed by atoms with E-state index in [2.05, 4.69) is 5.32 Å². The minimum atomic E-state index is -0.504. The quantitative estimate of drug-likeness (QED) is 0.788. The molecule has 0 atom stereocenters. The Labute approximate surface area is 158 Å². The van der Waals surface area contributed by atoms with Gasteiger partial charge in [0.1, 0.15) is 12.3 Å². The van der Waals surface area contributed by atoms with Crippen molar-refractivity contribution in [1.29, 1.82) is 0 Å². The highest BCUT2D eigenvalue weighted by molar-refractivity contribution is 8.18. The third-order valence-electron chi connectivity index (χ3n) is 3.91. The molecule has 8 nitrogen and oxygen atoms in total. The molecule has 4 rings (SSSR count). The van der Waals surface area contributed by atoms with Crippen molar-refractivity contribution >= 4 is 34.9 Å². The van der Waals surface area contributed by atoms with E-state index in [0.717, 1.165) is 16.7 Å². The lowest BCUT2D eigenvalue weighted by Gasteiger charge is -2.11. The van der Waals surface area contributed by atoms with E-state index in [-0.39, 0.29) is 24.8 Å². The zero-order valence-corrected chi connectivity index (χ0v) is 14.8. The molecule has 1 N–H and O–H groups in total. The summed E-state index contributed by atoms with van der Waals surface area (Å²) in [5.74, 6) is 0.850. The lowest BCUT2D eigenvalue weighted by Crippen LogP contribution is -2.39. The van der Waals surface area contributed by atoms with Gasteiger partial charge in [0.15, 0.2) is 11.5 Å². The number of amides is 3. The Bertz CT molecular complexity index is 937. The number of thioether (sulfide) groups is 1. The molecule has 0 saturated carbocycles. The number of furan rings is 1. The molecule has 2 aromatic rings. The summed E-state index contributed by atoms with van der Waals surface area (Å²) in [5.41, 5.74) is 0.701. The summed E-state index contributed by atoms with van der Waals surface area (Å²) in [7, 11) is 0. The number of nitrogens with zero attached hydrogens (tertiary/aromatic N) is 1. The van der Waals surface area contributed by atoms with E-state index >= 15 is 0 Å². The molecular formula is C18H14N2O6S. The molecule has 0 aliphatic carbocycles. The number of hydrogen-bond acceptors (Lipinski definition) is 7. The van der Waals surface area contributed by atoms with Gasteiger partial charge in [-0.15, -0.1) is 0 Å². The van der Waals surface area contributed by atoms with Crippen LogP contribution in [0.25, 0.3) is 6.08 Å². The fourth-order valence-corrected chi connectivity index (χ4v) is 3.43. The van der Waals surface area contributed by atoms with E-state index < -0.39 is 17.1 Å². The van der Waals surface area contributed by atoms with E-state index in [1.165, 1.54) is 6.26 Å². The molecule has 2 aliphatic rings. The van der Waals surface area contributed by atoms with Crippen LogP contribution in [0.5, 0.6) is 11.5 Å². The largest absolute Gasteiger partial charge is 0.467 e. The fourth-order valence-electron chi connectivity index (χ4n) is 2.59. The predicted octanol–water partition coefficient (Wildman–Crippen LogP) is 2.36. The highest BCUT2D eigenvalue weighted by Crippen LogP contribution is 2.36. The first-order chi connectivity index (χ1) is 13.1. The van der Waals surface area contributed by atoms with Crippen LogP contribution in [0, 0.1) is 0 Å². The van der Waals surface area contributed by atoms with Crippen LogP contribution in [0.1, 0.15) is 11.3 Å². The number of benzene rings is 1. The number of fused-ring (bicyclic) bond motifs is 1. The molecule has 2 aliphatic heterocycles. The molecular weight excluding hydrogens is 372 g/mol. The highest BCUT2D eigenvalue weighted by Gasteiger charge is 2.36. The second-order valence-corrected chi connectivity index (χ2v) is 6.73. The number of hydrogen-bond donors (Lipinski definition) is 1. The molecule has 0 bridgehead atoms. The normalized spacial score (nSPS) is 17.0. The van der Waals surface area contributed by atoms with E-state index in [9.17, 15) is 14.4 Å². The predicted molar refractivity (Wildman–Crippen MR) is 95.8 cm³/mol. The van der Waals surface area contributed by atoms with Crippen molar-refractivity contribution in [1.82, 2.24) is 10.2 Å². The molecule has 1 saturated heterocycles. The molecule has 0 unspecified atom stereocenters. The van der Waals surface area contributed by atoms with Gasteiger partial charge in [0.2, 0.25) is 12.7 Å². The van der Waals surface area contributed by atoms with Crippen molar-refractivity contribution in [3.8, 4) is 11.5 Å². The van der Waals surface area contributed by atoms with E-state index in [1.54, 1.807) is 36.4 Å². The van der Waals surface area contributed by atoms with Crippen molar-refractivity contribution in [2.45, 2.75) is 6.54 Å². The van der Waals surface area contributed by atoms with Crippen LogP contribution in [0.15, 0.2) is 45.9 Å². The van der Waals surface area contributed by atoms with Gasteiger partial charge < -0.3 is 19.2 Å². The summed E-state index contributed by atoms with van der Waals surface area (Å²) in [5, 5.41) is 2.12. The van der Waals surface area contributed by atoms with Gasteiger partial charge in [0.25, 0.3) is 11.1 Å². The number of ether oxygens (including phenoxy) is 2. The van der Waals surface area contributed by atoms with Crippen LogP contribution < -0.4 is 14.8 Å². The summed E-state index contributed by atoms with van der Waals surface area (Å²) in [6.45, 7) is 0.00135. The van der Waals surface area contributed by atoms with Gasteiger partial charge in [0.05, 0.1) is 17.7 Å². The van der Waals surface area contributed by atoms with Crippen LogP contribution in [0.2, 0.25) is 0 Å².